The van der Waals surface area contributed by atoms with Gasteiger partial charge in [-0.1, -0.05) is 11.6 Å². The highest BCUT2D eigenvalue weighted by Crippen LogP contribution is 2.15. The summed E-state index contributed by atoms with van der Waals surface area (Å²) >= 11 is 5.75. The summed E-state index contributed by atoms with van der Waals surface area (Å²) in [6.45, 7) is 5.37. The summed E-state index contributed by atoms with van der Waals surface area (Å²) < 4.78 is 5.14. The molecule has 18 heavy (non-hydrogen) atoms. The van der Waals surface area contributed by atoms with E-state index in [-0.39, 0.29) is 12.5 Å². The third-order valence-corrected chi connectivity index (χ3v) is 2.08. The van der Waals surface area contributed by atoms with Crippen LogP contribution in [0.3, 0.4) is 0 Å². The van der Waals surface area contributed by atoms with Crippen molar-refractivity contribution in [1.29, 1.82) is 5.41 Å². The quantitative estimate of drug-likeness (QED) is 0.500. The Labute approximate surface area is 111 Å². The van der Waals surface area contributed by atoms with Crippen LogP contribution in [0.2, 0.25) is 5.15 Å². The van der Waals surface area contributed by atoms with Crippen molar-refractivity contribution in [2.24, 2.45) is 0 Å². The van der Waals surface area contributed by atoms with E-state index < -0.39 is 5.60 Å². The van der Waals surface area contributed by atoms with Gasteiger partial charge in [-0.05, 0) is 32.9 Å². The Morgan fingerprint density at radius 2 is 2.22 bits per heavy atom. The van der Waals surface area contributed by atoms with Crippen molar-refractivity contribution in [1.82, 2.24) is 4.98 Å². The Hall–Kier alpha value is -1.62. The zero-order valence-electron chi connectivity index (χ0n) is 10.6. The Bertz CT molecular complexity index is 455. The minimum absolute atomic E-state index is 0.0224. The molecule has 1 heterocycles. The minimum atomic E-state index is -0.523. The summed E-state index contributed by atoms with van der Waals surface area (Å²) in [6, 6.07) is 3.24. The van der Waals surface area contributed by atoms with Crippen LogP contribution in [0.15, 0.2) is 12.1 Å². The van der Waals surface area contributed by atoms with Gasteiger partial charge in [0.25, 0.3) is 0 Å². The average Bonchev–Trinajstić information content (AvgIpc) is 2.24. The van der Waals surface area contributed by atoms with Crippen LogP contribution in [-0.2, 0) is 9.53 Å². The number of aromatic nitrogens is 1. The van der Waals surface area contributed by atoms with E-state index in [2.05, 4.69) is 10.3 Å². The predicted molar refractivity (Wildman–Crippen MR) is 71.5 cm³/mol. The Morgan fingerprint density at radius 3 is 2.78 bits per heavy atom. The van der Waals surface area contributed by atoms with Crippen molar-refractivity contribution < 1.29 is 9.53 Å². The Balaban J connectivity index is 2.66. The summed E-state index contributed by atoms with van der Waals surface area (Å²) in [7, 11) is 0. The van der Waals surface area contributed by atoms with Gasteiger partial charge in [0.1, 0.15) is 23.1 Å². The number of ether oxygens (including phenoxy) is 1. The summed E-state index contributed by atoms with van der Waals surface area (Å²) in [5.74, 6) is 0.00330. The minimum Gasteiger partial charge on any atom is -0.459 e. The number of esters is 1. The van der Waals surface area contributed by atoms with Gasteiger partial charge in [0, 0.05) is 11.8 Å². The Kier molecular flexibility index (Phi) is 4.67. The van der Waals surface area contributed by atoms with E-state index in [4.69, 9.17) is 21.7 Å². The van der Waals surface area contributed by atoms with E-state index in [0.29, 0.717) is 16.5 Å². The molecule has 0 spiro atoms. The topological polar surface area (TPSA) is 75.1 Å². The van der Waals surface area contributed by atoms with Crippen molar-refractivity contribution in [2.75, 3.05) is 11.9 Å². The predicted octanol–water partition coefficient (Wildman–Crippen LogP) is 2.49. The molecule has 0 unspecified atom stereocenters. The highest BCUT2D eigenvalue weighted by atomic mass is 35.5. The molecule has 1 rings (SSSR count). The molecule has 0 saturated carbocycles. The van der Waals surface area contributed by atoms with E-state index in [1.165, 1.54) is 0 Å². The van der Waals surface area contributed by atoms with Crippen LogP contribution in [0, 0.1) is 5.41 Å². The molecule has 0 aliphatic heterocycles. The molecule has 0 aliphatic carbocycles. The number of rotatable bonds is 4. The van der Waals surface area contributed by atoms with E-state index in [1.807, 2.05) is 0 Å². The second-order valence-electron chi connectivity index (χ2n) is 4.66. The molecular weight excluding hydrogens is 254 g/mol. The third-order valence-electron chi connectivity index (χ3n) is 1.87. The van der Waals surface area contributed by atoms with E-state index >= 15 is 0 Å². The van der Waals surface area contributed by atoms with Crippen LogP contribution < -0.4 is 5.32 Å². The molecule has 2 N–H and O–H groups in total. The molecule has 0 saturated heterocycles. The van der Waals surface area contributed by atoms with Crippen LogP contribution in [-0.4, -0.2) is 29.3 Å². The van der Waals surface area contributed by atoms with Gasteiger partial charge in [0.05, 0.1) is 0 Å². The van der Waals surface area contributed by atoms with Crippen LogP contribution in [0.4, 0.5) is 5.82 Å². The van der Waals surface area contributed by atoms with Gasteiger partial charge >= 0.3 is 5.97 Å². The summed E-state index contributed by atoms with van der Waals surface area (Å²) in [5.41, 5.74) is 0.0354. The first-order chi connectivity index (χ1) is 8.31. The van der Waals surface area contributed by atoms with E-state index in [1.54, 1.807) is 32.9 Å². The van der Waals surface area contributed by atoms with Crippen molar-refractivity contribution in [3.63, 3.8) is 0 Å². The molecule has 0 fully saturated rings. The van der Waals surface area contributed by atoms with Crippen molar-refractivity contribution >= 4 is 29.6 Å². The van der Waals surface area contributed by atoms with Crippen molar-refractivity contribution in [3.05, 3.63) is 22.8 Å². The van der Waals surface area contributed by atoms with Crippen molar-refractivity contribution in [2.45, 2.75) is 26.4 Å². The lowest BCUT2D eigenvalue weighted by atomic mass is 10.2. The molecule has 6 heteroatoms. The Morgan fingerprint density at radius 1 is 1.56 bits per heavy atom. The molecule has 0 amide bonds. The third kappa shape index (κ3) is 4.71. The first kappa shape index (κ1) is 14.4. The van der Waals surface area contributed by atoms with Gasteiger partial charge in [-0.25, -0.2) is 4.98 Å². The number of halogens is 1. The molecular formula is C12H16ClN3O2. The summed E-state index contributed by atoms with van der Waals surface area (Å²) in [4.78, 5) is 15.5. The monoisotopic (exact) mass is 269 g/mol. The molecule has 5 nitrogen and oxygen atoms in total. The number of hydrogen-bond acceptors (Lipinski definition) is 5. The molecule has 1 aromatic heterocycles. The average molecular weight is 270 g/mol. The number of pyridine rings is 1. The van der Waals surface area contributed by atoms with Gasteiger partial charge in [0.15, 0.2) is 0 Å². The lowest BCUT2D eigenvalue weighted by molar-refractivity contribution is -0.152. The first-order valence-corrected chi connectivity index (χ1v) is 5.82. The second-order valence-corrected chi connectivity index (χ2v) is 5.04. The number of nitrogens with one attached hydrogen (secondary N) is 2. The fourth-order valence-corrected chi connectivity index (χ4v) is 1.39. The fourth-order valence-electron chi connectivity index (χ4n) is 1.24. The summed E-state index contributed by atoms with van der Waals surface area (Å²) in [6.07, 6.45) is 1.14. The van der Waals surface area contributed by atoms with Gasteiger partial charge in [-0.2, -0.15) is 0 Å². The smallest absolute Gasteiger partial charge is 0.325 e. The largest absolute Gasteiger partial charge is 0.459 e. The standard InChI is InChI=1S/C12H16ClN3O2/c1-12(2,3)18-10(17)7-15-11-8(6-14)4-5-9(13)16-11/h4-6,14H,7H2,1-3H3,(H,15,16). The molecule has 0 radical (unpaired) electrons. The molecule has 98 valence electrons. The van der Waals surface area contributed by atoms with E-state index in [9.17, 15) is 4.79 Å². The van der Waals surface area contributed by atoms with Gasteiger partial charge in [0.2, 0.25) is 0 Å². The zero-order chi connectivity index (χ0) is 13.8. The number of carbonyl (C=O) groups excluding carboxylic acids is 1. The molecule has 1 aromatic rings. The van der Waals surface area contributed by atoms with Crippen LogP contribution >= 0.6 is 11.6 Å². The number of anilines is 1. The van der Waals surface area contributed by atoms with E-state index in [0.717, 1.165) is 6.21 Å². The highest BCUT2D eigenvalue weighted by molar-refractivity contribution is 6.29. The zero-order valence-corrected chi connectivity index (χ0v) is 11.3. The van der Waals surface area contributed by atoms with Crippen molar-refractivity contribution in [3.8, 4) is 0 Å². The lowest BCUT2D eigenvalue weighted by Crippen LogP contribution is -2.28. The fraction of sp³-hybridized carbons (Fsp3) is 0.417. The SMILES string of the molecule is CC(C)(C)OC(=O)CNc1nc(Cl)ccc1C=N. The van der Waals surface area contributed by atoms with Crippen LogP contribution in [0.5, 0.6) is 0 Å². The van der Waals surface area contributed by atoms with Crippen LogP contribution in [0.25, 0.3) is 0 Å². The maximum Gasteiger partial charge on any atom is 0.325 e. The van der Waals surface area contributed by atoms with Gasteiger partial charge in [-0.3, -0.25) is 4.79 Å². The van der Waals surface area contributed by atoms with Gasteiger partial charge in [-0.15, -0.1) is 0 Å². The molecule has 0 bridgehead atoms. The maximum absolute atomic E-state index is 11.5. The highest BCUT2D eigenvalue weighted by Gasteiger charge is 2.16. The molecule has 0 aromatic carbocycles. The molecule has 0 aliphatic rings. The molecule has 0 atom stereocenters. The normalized spacial score (nSPS) is 10.9. The maximum atomic E-state index is 11.5. The lowest BCUT2D eigenvalue weighted by Gasteiger charge is -2.19. The summed E-state index contributed by atoms with van der Waals surface area (Å²) in [5, 5.41) is 10.3. The second kappa shape index (κ2) is 5.82. The number of hydrogen-bond donors (Lipinski definition) is 2. The van der Waals surface area contributed by atoms with Gasteiger partial charge < -0.3 is 15.5 Å². The first-order valence-electron chi connectivity index (χ1n) is 5.44. The number of carbonyl (C=O) groups is 1. The van der Waals surface area contributed by atoms with Crippen LogP contribution in [0.1, 0.15) is 26.3 Å². The number of nitrogens with zero attached hydrogens (tertiary/aromatic N) is 1.